The van der Waals surface area contributed by atoms with Crippen LogP contribution in [0.5, 0.6) is 5.75 Å². The Kier molecular flexibility index (Phi) is 6.80. The Morgan fingerprint density at radius 1 is 1.09 bits per heavy atom. The molecule has 1 amide bonds. The van der Waals surface area contributed by atoms with Crippen molar-refractivity contribution in [1.82, 2.24) is 9.97 Å². The monoisotopic (exact) mass is 656 g/mol. The number of carbonyl (C=O) groups excluding carboxylic acids is 1. The van der Waals surface area contributed by atoms with Crippen LogP contribution in [-0.4, -0.2) is 60.9 Å². The quantitative estimate of drug-likeness (QED) is 0.423. The van der Waals surface area contributed by atoms with Crippen molar-refractivity contribution in [2.45, 2.75) is 25.9 Å². The van der Waals surface area contributed by atoms with Crippen LogP contribution < -0.4 is 27.3 Å². The van der Waals surface area contributed by atoms with Gasteiger partial charge in [0.1, 0.15) is 0 Å². The zero-order valence-electron chi connectivity index (χ0n) is 20.0. The third-order valence-electron chi connectivity index (χ3n) is 6.34. The van der Waals surface area contributed by atoms with Gasteiger partial charge in [-0.2, -0.15) is 0 Å². The summed E-state index contributed by atoms with van der Waals surface area (Å²) in [6.07, 6.45) is 3.12. The third kappa shape index (κ3) is 4.67. The zero-order valence-corrected chi connectivity index (χ0v) is 22.2. The molecule has 2 aromatic carbocycles. The average molecular weight is 657 g/mol. The van der Waals surface area contributed by atoms with Crippen molar-refractivity contribution in [3.8, 4) is 5.75 Å². The van der Waals surface area contributed by atoms with Gasteiger partial charge in [-0.3, -0.25) is 0 Å². The van der Waals surface area contributed by atoms with E-state index in [1.165, 1.54) is 0 Å². The van der Waals surface area contributed by atoms with Crippen LogP contribution in [0.3, 0.4) is 0 Å². The first-order valence-electron chi connectivity index (χ1n) is 11.7. The molecule has 1 fully saturated rings. The average Bonchev–Trinajstić information content (AvgIpc) is 2.95. The second-order valence-electron chi connectivity index (χ2n) is 8.55. The van der Waals surface area contributed by atoms with E-state index in [1.807, 2.05) is 43.1 Å². The van der Waals surface area contributed by atoms with Gasteiger partial charge in [-0.05, 0) is 0 Å². The number of ether oxygens (including phenoxy) is 1. The molecule has 3 heterocycles. The molecule has 2 aliphatic heterocycles. The minimum atomic E-state index is -0.577. The molecule has 1 N–H and O–H groups in total. The molecular weight excluding hydrogens is 627 g/mol. The number of para-hydroxylation sites is 1. The van der Waals surface area contributed by atoms with Crippen LogP contribution in [0.25, 0.3) is 0 Å². The fourth-order valence-corrected chi connectivity index (χ4v) is 6.49. The van der Waals surface area contributed by atoms with Crippen LogP contribution in [0.1, 0.15) is 30.1 Å². The number of rotatable bonds is 5. The Bertz CT molecular complexity index is 1250. The van der Waals surface area contributed by atoms with Crippen molar-refractivity contribution < 1.29 is 34.4 Å². The first kappa shape index (κ1) is 23.8. The predicted octanol–water partition coefficient (Wildman–Crippen LogP) is 2.23. The molecule has 0 aliphatic carbocycles. The normalized spacial score (nSPS) is 16.2. The number of aromatic nitrogens is 2. The molecule has 5 rings (SSSR count). The standard InChI is InChI=1S/C13H11N4O.C13H18NO2.Au/c1-16-10-6-4-3-5-9(10)13(18)17(2)11-7-14-8-15-12(11)16;1-2-16-13-5-3-4-11(10-13)14-8-6-12(15)7-9-14;/h3-7H,1-2H3;3-4,10,12,15H,2,6-9H2,1H3;. The molecule has 0 bridgehead atoms. The molecule has 3 aromatic rings. The van der Waals surface area contributed by atoms with E-state index >= 15 is 0 Å². The van der Waals surface area contributed by atoms with E-state index in [2.05, 4.69) is 28.1 Å². The van der Waals surface area contributed by atoms with Crippen LogP contribution in [0.4, 0.5) is 22.9 Å². The Labute approximate surface area is 214 Å². The summed E-state index contributed by atoms with van der Waals surface area (Å²) in [7, 11) is 3.70. The van der Waals surface area contributed by atoms with E-state index in [0.717, 1.165) is 50.9 Å². The summed E-state index contributed by atoms with van der Waals surface area (Å²) in [6.45, 7) is 4.25. The summed E-state index contributed by atoms with van der Waals surface area (Å²) in [5, 5.41) is 9.84. The van der Waals surface area contributed by atoms with E-state index in [-0.39, 0.29) is 12.0 Å². The van der Waals surface area contributed by atoms with E-state index in [9.17, 15) is 9.90 Å². The van der Waals surface area contributed by atoms with Crippen molar-refractivity contribution in [2.75, 3.05) is 48.5 Å². The Morgan fingerprint density at radius 3 is 2.63 bits per heavy atom. The SMILES string of the molecule is CCOc1cc(N2CCC(O)CC2)cc[c]1[Au][c]1ncc2c(n1)N(C)c1ccccc1C(=O)N2C. The molecular formula is C26H29AuN5O3. The molecule has 0 spiro atoms. The molecule has 8 nitrogen and oxygen atoms in total. The summed E-state index contributed by atoms with van der Waals surface area (Å²) in [4.78, 5) is 28.5. The topological polar surface area (TPSA) is 82.0 Å². The van der Waals surface area contributed by atoms with Crippen LogP contribution in [-0.2, 0) is 19.8 Å². The minimum absolute atomic E-state index is 0.0735. The zero-order chi connectivity index (χ0) is 24.5. The van der Waals surface area contributed by atoms with Gasteiger partial charge in [-0.25, -0.2) is 0 Å². The summed E-state index contributed by atoms with van der Waals surface area (Å²) < 4.78 is 7.88. The molecule has 0 atom stereocenters. The number of amides is 1. The third-order valence-corrected chi connectivity index (χ3v) is 8.83. The molecule has 0 radical (unpaired) electrons. The first-order chi connectivity index (χ1) is 17.0. The Morgan fingerprint density at radius 2 is 1.86 bits per heavy atom. The van der Waals surface area contributed by atoms with E-state index in [1.54, 1.807) is 18.1 Å². The van der Waals surface area contributed by atoms with Crippen molar-refractivity contribution in [3.63, 3.8) is 0 Å². The molecule has 1 saturated heterocycles. The van der Waals surface area contributed by atoms with Crippen LogP contribution in [0.15, 0.2) is 48.7 Å². The molecule has 1 aromatic heterocycles. The van der Waals surface area contributed by atoms with Gasteiger partial charge >= 0.3 is 215 Å². The number of benzene rings is 2. The van der Waals surface area contributed by atoms with Gasteiger partial charge in [0, 0.05) is 0 Å². The van der Waals surface area contributed by atoms with Crippen molar-refractivity contribution >= 4 is 36.6 Å². The number of anilines is 4. The van der Waals surface area contributed by atoms with Crippen LogP contribution in [0, 0.1) is 0 Å². The summed E-state index contributed by atoms with van der Waals surface area (Å²) in [6, 6.07) is 13.9. The molecule has 9 heteroatoms. The number of hydrogen-bond acceptors (Lipinski definition) is 7. The predicted molar refractivity (Wildman–Crippen MR) is 134 cm³/mol. The van der Waals surface area contributed by atoms with Crippen molar-refractivity contribution in [2.24, 2.45) is 0 Å². The first-order valence-corrected chi connectivity index (χ1v) is 13.9. The van der Waals surface area contributed by atoms with Gasteiger partial charge in [0.2, 0.25) is 0 Å². The number of nitrogens with zero attached hydrogens (tertiary/aromatic N) is 5. The number of aliphatic hydroxyl groups is 1. The molecule has 0 saturated carbocycles. The van der Waals surface area contributed by atoms with Gasteiger partial charge in [0.15, 0.2) is 0 Å². The van der Waals surface area contributed by atoms with Gasteiger partial charge in [0.25, 0.3) is 0 Å². The van der Waals surface area contributed by atoms with Crippen LogP contribution >= 0.6 is 0 Å². The van der Waals surface area contributed by atoms with E-state index < -0.39 is 19.8 Å². The van der Waals surface area contributed by atoms with Gasteiger partial charge < -0.3 is 0 Å². The summed E-state index contributed by atoms with van der Waals surface area (Å²) >= 11 is -0.577. The number of hydrogen-bond donors (Lipinski definition) is 1. The Balaban J connectivity index is 1.46. The second kappa shape index (κ2) is 9.99. The number of aliphatic hydroxyl groups excluding tert-OH is 1. The van der Waals surface area contributed by atoms with Gasteiger partial charge in [0.05, 0.1) is 0 Å². The maximum absolute atomic E-state index is 13.0. The van der Waals surface area contributed by atoms with Crippen molar-refractivity contribution in [3.05, 3.63) is 54.2 Å². The molecule has 35 heavy (non-hydrogen) atoms. The fourth-order valence-electron chi connectivity index (χ4n) is 4.40. The molecule has 187 valence electrons. The summed E-state index contributed by atoms with van der Waals surface area (Å²) in [5.74, 6) is 1.51. The van der Waals surface area contributed by atoms with Gasteiger partial charge in [-0.1, -0.05) is 0 Å². The second-order valence-corrected chi connectivity index (χ2v) is 11.2. The molecule has 0 unspecified atom stereocenters. The summed E-state index contributed by atoms with van der Waals surface area (Å²) in [5.41, 5.74) is 3.28. The van der Waals surface area contributed by atoms with Gasteiger partial charge in [-0.15, -0.1) is 0 Å². The van der Waals surface area contributed by atoms with E-state index in [0.29, 0.717) is 23.7 Å². The number of carbonyl (C=O) groups is 1. The number of fused-ring (bicyclic) bond motifs is 2. The number of piperidine rings is 1. The fraction of sp³-hybridized carbons (Fsp3) is 0.346. The van der Waals surface area contributed by atoms with Crippen molar-refractivity contribution in [1.29, 1.82) is 0 Å². The Hall–Kier alpha value is -2.91. The maximum atomic E-state index is 13.0. The molecule has 2 aliphatic rings. The van der Waals surface area contributed by atoms with Crippen LogP contribution in [0.2, 0.25) is 0 Å². The van der Waals surface area contributed by atoms with E-state index in [4.69, 9.17) is 9.72 Å².